The molecule has 0 saturated heterocycles. The number of hydrogen-bond acceptors (Lipinski definition) is 8. The van der Waals surface area contributed by atoms with Gasteiger partial charge in [0.15, 0.2) is 17.3 Å². The molecule has 6 aromatic rings. The number of hydrogen-bond donors (Lipinski definition) is 4. The number of ether oxygens (including phenoxy) is 1. The Morgan fingerprint density at radius 3 is 1.35 bits per heavy atom. The molecular formula is C50H43ClO12. The number of ketones is 3. The second kappa shape index (κ2) is 22.8. The summed E-state index contributed by atoms with van der Waals surface area (Å²) >= 11 is 6.02. The van der Waals surface area contributed by atoms with E-state index in [0.29, 0.717) is 17.0 Å². The number of methoxy groups -OCH3 is 1. The normalized spacial score (nSPS) is 10.2. The zero-order valence-electron chi connectivity index (χ0n) is 34.5. The Morgan fingerprint density at radius 2 is 0.905 bits per heavy atom. The largest absolute Gasteiger partial charge is 0.497 e. The van der Waals surface area contributed by atoms with Gasteiger partial charge in [-0.05, 0) is 85.0 Å². The average molecular weight is 871 g/mol. The molecule has 0 radical (unpaired) electrons. The maximum atomic E-state index is 12.3. The minimum absolute atomic E-state index is 0.0238. The highest BCUT2D eigenvalue weighted by Crippen LogP contribution is 2.21. The van der Waals surface area contributed by atoms with Crippen LogP contribution in [0, 0.1) is 13.8 Å². The quantitative estimate of drug-likeness (QED) is 0.0711. The van der Waals surface area contributed by atoms with Crippen molar-refractivity contribution in [2.24, 2.45) is 0 Å². The summed E-state index contributed by atoms with van der Waals surface area (Å²) in [4.78, 5) is 81.4. The summed E-state index contributed by atoms with van der Waals surface area (Å²) in [6.07, 6.45) is 0.809. The Bertz CT molecular complexity index is 2670. The Labute approximate surface area is 368 Å². The third-order valence-electron chi connectivity index (χ3n) is 9.62. The van der Waals surface area contributed by atoms with Crippen LogP contribution in [0.4, 0.5) is 0 Å². The van der Waals surface area contributed by atoms with Crippen molar-refractivity contribution in [2.45, 2.75) is 39.5 Å². The molecule has 0 aliphatic heterocycles. The molecule has 6 aromatic carbocycles. The smallest absolute Gasteiger partial charge is 0.336 e. The number of halogens is 1. The number of rotatable bonds is 15. The van der Waals surface area contributed by atoms with Gasteiger partial charge in [0.1, 0.15) is 5.75 Å². The highest BCUT2D eigenvalue weighted by Gasteiger charge is 2.20. The second-order valence-corrected chi connectivity index (χ2v) is 14.5. The lowest BCUT2D eigenvalue weighted by molar-refractivity contribution is 0.0682. The highest BCUT2D eigenvalue weighted by atomic mass is 35.5. The van der Waals surface area contributed by atoms with Crippen LogP contribution in [0.2, 0.25) is 5.02 Å². The number of Topliss-reactive ketones (excluding diaryl/α,β-unsaturated/α-hetero) is 3. The summed E-state index contributed by atoms with van der Waals surface area (Å²) in [6, 6.07) is 36.1. The number of benzene rings is 6. The fraction of sp³-hybridized carbons (Fsp3) is 0.140. The van der Waals surface area contributed by atoms with Crippen LogP contribution in [0.15, 0.2) is 133 Å². The van der Waals surface area contributed by atoms with E-state index in [1.165, 1.54) is 42.5 Å². The first-order valence-corrected chi connectivity index (χ1v) is 19.7. The van der Waals surface area contributed by atoms with Crippen LogP contribution in [0.1, 0.15) is 107 Å². The van der Waals surface area contributed by atoms with Gasteiger partial charge in [-0.25, -0.2) is 19.2 Å². The Balaban J connectivity index is 0.000000208. The molecule has 322 valence electrons. The third kappa shape index (κ3) is 13.7. The van der Waals surface area contributed by atoms with E-state index in [1.54, 1.807) is 68.6 Å². The number of carboxylic acids is 4. The van der Waals surface area contributed by atoms with Crippen molar-refractivity contribution in [3.63, 3.8) is 0 Å². The summed E-state index contributed by atoms with van der Waals surface area (Å²) < 4.78 is 5.07. The molecule has 0 spiro atoms. The van der Waals surface area contributed by atoms with E-state index >= 15 is 0 Å². The molecule has 0 bridgehead atoms. The van der Waals surface area contributed by atoms with Crippen LogP contribution in [0.25, 0.3) is 0 Å². The van der Waals surface area contributed by atoms with Crippen LogP contribution >= 0.6 is 11.6 Å². The number of carbonyl (C=O) groups is 7. The molecule has 0 heterocycles. The zero-order chi connectivity index (χ0) is 46.2. The Hall–Kier alpha value is -7.70. The van der Waals surface area contributed by atoms with Gasteiger partial charge in [-0.1, -0.05) is 108 Å². The van der Waals surface area contributed by atoms with Crippen LogP contribution < -0.4 is 4.74 Å². The lowest BCUT2D eigenvalue weighted by Crippen LogP contribution is -2.13. The molecular weight excluding hydrogens is 828 g/mol. The first kappa shape index (κ1) is 48.0. The number of carboxylic acid groups (broad SMARTS) is 4. The molecule has 0 atom stereocenters. The fourth-order valence-corrected chi connectivity index (χ4v) is 6.46. The van der Waals surface area contributed by atoms with E-state index in [-0.39, 0.29) is 69.8 Å². The Kier molecular flexibility index (Phi) is 17.3. The van der Waals surface area contributed by atoms with Crippen molar-refractivity contribution in [1.29, 1.82) is 0 Å². The average Bonchev–Trinajstić information content (AvgIpc) is 3.27. The second-order valence-electron chi connectivity index (χ2n) is 14.1. The van der Waals surface area contributed by atoms with Gasteiger partial charge in [-0.15, -0.1) is 0 Å². The minimum Gasteiger partial charge on any atom is -0.497 e. The van der Waals surface area contributed by atoms with E-state index in [2.05, 4.69) is 0 Å². The van der Waals surface area contributed by atoms with Gasteiger partial charge >= 0.3 is 23.9 Å². The van der Waals surface area contributed by atoms with E-state index in [1.807, 2.05) is 43.3 Å². The SMILES string of the molecule is COc1ccc(CCC(=O)c2ccccc2C(=O)O)cc1.Cc1ccc(CC(=O)c2ccccc2C(=O)O)c(C(=O)O)c1.Cc1ccc(CC(=O)c2ccccc2C(=O)O)cc1Cl. The van der Waals surface area contributed by atoms with Gasteiger partial charge in [-0.2, -0.15) is 0 Å². The molecule has 0 aromatic heterocycles. The molecule has 0 aliphatic rings. The summed E-state index contributed by atoms with van der Waals surface area (Å²) in [6.45, 7) is 3.64. The van der Waals surface area contributed by atoms with Crippen molar-refractivity contribution in [3.05, 3.63) is 205 Å². The molecule has 0 aliphatic carbocycles. The first-order chi connectivity index (χ1) is 30.0. The number of aromatic carboxylic acids is 4. The van der Waals surface area contributed by atoms with Crippen LogP contribution in [-0.2, 0) is 19.3 Å². The summed E-state index contributed by atoms with van der Waals surface area (Å²) in [5.41, 5.74) is 4.46. The highest BCUT2D eigenvalue weighted by molar-refractivity contribution is 6.31. The summed E-state index contributed by atoms with van der Waals surface area (Å²) in [5.74, 6) is -4.54. The fourth-order valence-electron chi connectivity index (χ4n) is 6.26. The summed E-state index contributed by atoms with van der Waals surface area (Å²) in [5, 5.41) is 37.1. The number of aryl methyl sites for hydroxylation is 3. The zero-order valence-corrected chi connectivity index (χ0v) is 35.2. The van der Waals surface area contributed by atoms with Gasteiger partial charge in [0, 0.05) is 41.0 Å². The molecule has 4 N–H and O–H groups in total. The lowest BCUT2D eigenvalue weighted by Gasteiger charge is -2.08. The van der Waals surface area contributed by atoms with Crippen molar-refractivity contribution >= 4 is 52.8 Å². The maximum Gasteiger partial charge on any atom is 0.336 e. The first-order valence-electron chi connectivity index (χ1n) is 19.3. The predicted octanol–water partition coefficient (Wildman–Crippen LogP) is 9.80. The Morgan fingerprint density at radius 1 is 0.476 bits per heavy atom. The van der Waals surface area contributed by atoms with Crippen molar-refractivity contribution in [1.82, 2.24) is 0 Å². The van der Waals surface area contributed by atoms with Gasteiger partial charge in [0.05, 0.1) is 29.4 Å². The third-order valence-corrected chi connectivity index (χ3v) is 10.0. The summed E-state index contributed by atoms with van der Waals surface area (Å²) in [7, 11) is 1.60. The van der Waals surface area contributed by atoms with Crippen molar-refractivity contribution in [2.75, 3.05) is 7.11 Å². The van der Waals surface area contributed by atoms with Crippen LogP contribution in [0.3, 0.4) is 0 Å². The monoisotopic (exact) mass is 870 g/mol. The van der Waals surface area contributed by atoms with Crippen molar-refractivity contribution in [3.8, 4) is 5.75 Å². The minimum atomic E-state index is -1.19. The van der Waals surface area contributed by atoms with Gasteiger partial charge in [-0.3, -0.25) is 14.4 Å². The standard InChI is InChI=1S/C17H14O5.C17H16O4.C16H13ClO3/c1-10-6-7-11(14(8-10)17(21)22)9-15(18)12-4-2-3-5-13(12)16(19)20;1-21-13-9-6-12(7-10-13)8-11-16(18)14-4-2-3-5-15(14)17(19)20;1-10-6-7-11(8-14(10)17)9-15(18)12-4-2-3-5-13(12)16(19)20/h2-8H,9H2,1H3,(H,19,20)(H,21,22);2-7,9-10H,8,11H2,1H3,(H,19,20);2-8H,9H2,1H3,(H,19,20). The maximum absolute atomic E-state index is 12.3. The van der Waals surface area contributed by atoms with Gasteiger partial charge < -0.3 is 25.2 Å². The molecule has 0 fully saturated rings. The number of carbonyl (C=O) groups excluding carboxylic acids is 3. The van der Waals surface area contributed by atoms with Gasteiger partial charge in [0.2, 0.25) is 0 Å². The van der Waals surface area contributed by atoms with E-state index in [4.69, 9.17) is 31.7 Å². The molecule has 12 nitrogen and oxygen atoms in total. The predicted molar refractivity (Wildman–Crippen MR) is 236 cm³/mol. The molecule has 0 amide bonds. The van der Waals surface area contributed by atoms with Crippen LogP contribution in [-0.4, -0.2) is 68.8 Å². The van der Waals surface area contributed by atoms with E-state index < -0.39 is 29.7 Å². The molecule has 0 unspecified atom stereocenters. The van der Waals surface area contributed by atoms with Gasteiger partial charge in [0.25, 0.3) is 0 Å². The van der Waals surface area contributed by atoms with E-state index in [9.17, 15) is 38.7 Å². The molecule has 0 saturated carbocycles. The lowest BCUT2D eigenvalue weighted by atomic mass is 9.95. The molecule has 6 rings (SSSR count). The van der Waals surface area contributed by atoms with Crippen LogP contribution in [0.5, 0.6) is 5.75 Å². The molecule has 13 heteroatoms. The topological polar surface area (TPSA) is 210 Å². The van der Waals surface area contributed by atoms with Crippen molar-refractivity contribution < 1.29 is 58.7 Å². The van der Waals surface area contributed by atoms with E-state index in [0.717, 1.165) is 28.0 Å². The molecule has 63 heavy (non-hydrogen) atoms.